The summed E-state index contributed by atoms with van der Waals surface area (Å²) >= 11 is 0. The van der Waals surface area contributed by atoms with Gasteiger partial charge in [-0.1, -0.05) is 76.5 Å². The van der Waals surface area contributed by atoms with Crippen LogP contribution in [0.25, 0.3) is 11.2 Å². The average molecular weight is 703 g/mol. The maximum Gasteiger partial charge on any atom is 0.459 e. The van der Waals surface area contributed by atoms with Crippen LogP contribution in [0.4, 0.5) is 10.2 Å². The third-order valence-corrected chi connectivity index (χ3v) is 10.1. The predicted octanol–water partition coefficient (Wildman–Crippen LogP) is 6.23. The molecule has 2 aromatic heterocycles. The van der Waals surface area contributed by atoms with Crippen LogP contribution in [0.3, 0.4) is 0 Å². The lowest BCUT2D eigenvalue weighted by Gasteiger charge is -2.30. The number of terminal acetylenes is 1. The summed E-state index contributed by atoms with van der Waals surface area (Å²) in [5.74, 6) is 1.87. The smallest absolute Gasteiger partial charge is 0.459 e. The van der Waals surface area contributed by atoms with Crippen molar-refractivity contribution in [2.24, 2.45) is 0 Å². The number of esters is 1. The Hall–Kier alpha value is -3.60. The molecule has 0 unspecified atom stereocenters. The highest BCUT2D eigenvalue weighted by molar-refractivity contribution is 7.52. The van der Waals surface area contributed by atoms with Crippen LogP contribution in [0.5, 0.6) is 5.75 Å². The quantitative estimate of drug-likeness (QED) is 0.0399. The molecule has 13 nitrogen and oxygen atoms in total. The normalized spacial score (nSPS) is 21.0. The Labute approximate surface area is 287 Å². The number of nitrogens with zero attached hydrogens (tertiary/aromatic N) is 4. The first-order valence-electron chi connectivity index (χ1n) is 17.0. The molecule has 15 heteroatoms. The molecule has 0 amide bonds. The van der Waals surface area contributed by atoms with Crippen molar-refractivity contribution in [1.29, 1.82) is 0 Å². The van der Waals surface area contributed by atoms with Gasteiger partial charge in [0.2, 0.25) is 0 Å². The van der Waals surface area contributed by atoms with Crippen LogP contribution >= 0.6 is 7.75 Å². The van der Waals surface area contributed by atoms with Gasteiger partial charge in [0.05, 0.1) is 6.33 Å². The van der Waals surface area contributed by atoms with Gasteiger partial charge in [0.25, 0.3) is 0 Å². The molecule has 1 aliphatic rings. The zero-order valence-corrected chi connectivity index (χ0v) is 29.3. The second-order valence-electron chi connectivity index (χ2n) is 12.3. The molecule has 3 aromatic rings. The first kappa shape index (κ1) is 38.2. The second-order valence-corrected chi connectivity index (χ2v) is 14.0. The maximum atomic E-state index is 14.3. The zero-order chi connectivity index (χ0) is 35.4. The van der Waals surface area contributed by atoms with Crippen molar-refractivity contribution >= 4 is 30.7 Å². The minimum absolute atomic E-state index is 0.0389. The van der Waals surface area contributed by atoms with E-state index in [1.807, 2.05) is 0 Å². The fourth-order valence-corrected chi connectivity index (χ4v) is 7.17. The molecular formula is C34H48FN6O7P. The van der Waals surface area contributed by atoms with E-state index in [0.717, 1.165) is 64.2 Å². The summed E-state index contributed by atoms with van der Waals surface area (Å²) in [7, 11) is -4.37. The summed E-state index contributed by atoms with van der Waals surface area (Å²) in [5.41, 5.74) is 4.16. The van der Waals surface area contributed by atoms with Crippen molar-refractivity contribution < 1.29 is 37.4 Å². The van der Waals surface area contributed by atoms with Crippen LogP contribution in [0.15, 0.2) is 36.7 Å². The molecule has 1 saturated heterocycles. The van der Waals surface area contributed by atoms with Crippen LogP contribution in [0, 0.1) is 18.4 Å². The number of aromatic nitrogens is 4. The van der Waals surface area contributed by atoms with Gasteiger partial charge in [-0.25, -0.2) is 9.55 Å². The van der Waals surface area contributed by atoms with Crippen molar-refractivity contribution in [3.05, 3.63) is 42.7 Å². The molecule has 4 rings (SSSR count). The summed E-state index contributed by atoms with van der Waals surface area (Å²) in [6, 6.07) is 7.19. The highest BCUT2D eigenvalue weighted by atomic mass is 31.2. The number of ether oxygens (including phenoxy) is 2. The number of carbonyl (C=O) groups is 1. The largest absolute Gasteiger partial charge is 0.461 e. The topological polar surface area (TPSA) is 173 Å². The Kier molecular flexibility index (Phi) is 13.9. The molecule has 1 aliphatic heterocycles. The van der Waals surface area contributed by atoms with Crippen LogP contribution in [0.1, 0.15) is 97.6 Å². The fraction of sp³-hybridized carbons (Fsp3) is 0.588. The van der Waals surface area contributed by atoms with Gasteiger partial charge in [0.15, 0.2) is 22.6 Å². The number of hydrogen-bond donors (Lipinski definition) is 3. The van der Waals surface area contributed by atoms with E-state index in [2.05, 4.69) is 39.8 Å². The molecule has 1 fully saturated rings. The van der Waals surface area contributed by atoms with Crippen molar-refractivity contribution in [1.82, 2.24) is 24.6 Å². The molecule has 3 heterocycles. The van der Waals surface area contributed by atoms with Gasteiger partial charge >= 0.3 is 19.8 Å². The zero-order valence-electron chi connectivity index (χ0n) is 28.4. The van der Waals surface area contributed by atoms with Crippen molar-refractivity contribution in [3.8, 4) is 18.1 Å². The fourth-order valence-electron chi connectivity index (χ4n) is 5.65. The molecule has 4 N–H and O–H groups in total. The van der Waals surface area contributed by atoms with Gasteiger partial charge in [-0.3, -0.25) is 13.9 Å². The third-order valence-electron chi connectivity index (χ3n) is 8.45. The van der Waals surface area contributed by atoms with Crippen LogP contribution in [0.2, 0.25) is 0 Å². The Morgan fingerprint density at radius 3 is 2.49 bits per heavy atom. The summed E-state index contributed by atoms with van der Waals surface area (Å²) in [6.07, 6.45) is 13.5. The third kappa shape index (κ3) is 10.2. The van der Waals surface area contributed by atoms with Gasteiger partial charge < -0.3 is 24.8 Å². The number of carbonyl (C=O) groups excluding carboxylic acids is 1. The number of rotatable bonds is 20. The van der Waals surface area contributed by atoms with Crippen LogP contribution < -0.4 is 15.3 Å². The molecule has 5 atom stereocenters. The standard InChI is InChI=1S/C34H48FN6O7P/c1-5-8-10-13-17-25(18-14-11-9-6-2)46-32(43)24(4)40-49(44,48-26-19-15-12-16-20-26)45-22-34(7-3)27(42)21-28(47-34)41-23-37-29-30(36)38-33(35)39-31(29)41/h3,12,15-16,19-20,23-25,27-28,42H,5-6,8-11,13-14,17-18,21-22H2,1-2,4H3,(H,40,44)(H2,36,38,39)/t24-,27-,28+,34+,49+/m0/s1. The number of fused-ring (bicyclic) bond motifs is 1. The van der Waals surface area contributed by atoms with Gasteiger partial charge in [-0.05, 0) is 44.7 Å². The lowest BCUT2D eigenvalue weighted by atomic mass is 9.99. The van der Waals surface area contributed by atoms with E-state index >= 15 is 0 Å². The number of imidazole rings is 1. The van der Waals surface area contributed by atoms with Crippen LogP contribution in [-0.4, -0.2) is 61.1 Å². The summed E-state index contributed by atoms with van der Waals surface area (Å²) in [6.45, 7) is 5.21. The number of para-hydroxylation sites is 1. The molecule has 0 radical (unpaired) electrons. The monoisotopic (exact) mass is 702 g/mol. The number of benzene rings is 1. The van der Waals surface area contributed by atoms with E-state index in [1.165, 1.54) is 17.8 Å². The van der Waals surface area contributed by atoms with Crippen molar-refractivity contribution in [2.45, 2.75) is 121 Å². The Morgan fingerprint density at radius 1 is 1.18 bits per heavy atom. The highest BCUT2D eigenvalue weighted by Gasteiger charge is 2.50. The van der Waals surface area contributed by atoms with Gasteiger partial charge in [-0.15, -0.1) is 6.42 Å². The van der Waals surface area contributed by atoms with Gasteiger partial charge in [0.1, 0.15) is 36.8 Å². The summed E-state index contributed by atoms with van der Waals surface area (Å²) in [5, 5.41) is 13.8. The van der Waals surface area contributed by atoms with E-state index in [1.54, 1.807) is 30.3 Å². The number of halogens is 1. The Balaban J connectivity index is 1.49. The number of hydrogen-bond acceptors (Lipinski definition) is 11. The lowest BCUT2D eigenvalue weighted by Crippen LogP contribution is -2.44. The molecule has 0 aliphatic carbocycles. The number of anilines is 1. The molecule has 268 valence electrons. The van der Waals surface area contributed by atoms with Gasteiger partial charge in [-0.2, -0.15) is 19.4 Å². The maximum absolute atomic E-state index is 14.3. The Morgan fingerprint density at radius 2 is 1.86 bits per heavy atom. The highest BCUT2D eigenvalue weighted by Crippen LogP contribution is 2.48. The van der Waals surface area contributed by atoms with E-state index < -0.39 is 50.4 Å². The number of unbranched alkanes of at least 4 members (excludes halogenated alkanes) is 6. The number of aliphatic hydroxyl groups is 1. The molecule has 0 spiro atoms. The van der Waals surface area contributed by atoms with E-state index in [0.29, 0.717) is 0 Å². The number of aliphatic hydroxyl groups excluding tert-OH is 1. The SMILES string of the molecule is C#C[C@]1(CO[P@](=O)(N[C@@H](C)C(=O)OC(CCCCCC)CCCCCC)Oc2ccccc2)O[C@@H](n2cnc3c(N)nc(F)nc32)C[C@@H]1O. The second kappa shape index (κ2) is 17.9. The summed E-state index contributed by atoms with van der Waals surface area (Å²) in [4.78, 5) is 24.7. The van der Waals surface area contributed by atoms with E-state index in [-0.39, 0.29) is 35.3 Å². The number of nitrogen functional groups attached to an aromatic ring is 1. The molecular weight excluding hydrogens is 654 g/mol. The lowest BCUT2D eigenvalue weighted by molar-refractivity contribution is -0.151. The van der Waals surface area contributed by atoms with Gasteiger partial charge in [0, 0.05) is 6.42 Å². The van der Waals surface area contributed by atoms with Crippen LogP contribution in [-0.2, 0) is 23.4 Å². The molecule has 0 saturated carbocycles. The minimum Gasteiger partial charge on any atom is -0.461 e. The van der Waals surface area contributed by atoms with E-state index in [9.17, 15) is 18.9 Å². The minimum atomic E-state index is -4.37. The first-order valence-corrected chi connectivity index (χ1v) is 18.5. The molecule has 1 aromatic carbocycles. The predicted molar refractivity (Wildman–Crippen MR) is 183 cm³/mol. The first-order chi connectivity index (χ1) is 23.5. The van der Waals surface area contributed by atoms with E-state index in [4.69, 9.17) is 30.7 Å². The average Bonchev–Trinajstić information content (AvgIpc) is 3.65. The molecule has 0 bridgehead atoms. The Bertz CT molecular complexity index is 1590. The number of nitrogens with one attached hydrogen (secondary N) is 1. The molecule has 49 heavy (non-hydrogen) atoms. The number of nitrogens with two attached hydrogens (primary N) is 1. The van der Waals surface area contributed by atoms with Crippen molar-refractivity contribution in [2.75, 3.05) is 12.3 Å². The van der Waals surface area contributed by atoms with Crippen molar-refractivity contribution in [3.63, 3.8) is 0 Å². The summed E-state index contributed by atoms with van der Waals surface area (Å²) < 4.78 is 53.3.